The molecule has 0 nitrogen and oxygen atoms in total. The lowest BCUT2D eigenvalue weighted by Crippen LogP contribution is -2.41. The molecule has 13 heavy (non-hydrogen) atoms. The zero-order valence-corrected chi connectivity index (χ0v) is 8.17. The zero-order valence-electron chi connectivity index (χ0n) is 8.17. The Morgan fingerprint density at radius 2 is 2.08 bits per heavy atom. The van der Waals surface area contributed by atoms with E-state index in [2.05, 4.69) is 44.5 Å². The van der Waals surface area contributed by atoms with Crippen molar-refractivity contribution in [2.75, 3.05) is 0 Å². The predicted octanol–water partition coefficient (Wildman–Crippen LogP) is 3.12. The van der Waals surface area contributed by atoms with Gasteiger partial charge in [0.2, 0.25) is 0 Å². The quantitative estimate of drug-likeness (QED) is 0.561. The molecule has 2 atom stereocenters. The van der Waals surface area contributed by atoms with E-state index in [1.165, 1.54) is 12.0 Å². The zero-order chi connectivity index (χ0) is 9.05. The van der Waals surface area contributed by atoms with Gasteiger partial charge in [0.25, 0.3) is 0 Å². The molecule has 3 rings (SSSR count). The van der Waals surface area contributed by atoms with Crippen LogP contribution in [0, 0.1) is 18.3 Å². The first-order valence-corrected chi connectivity index (χ1v) is 5.04. The van der Waals surface area contributed by atoms with E-state index in [1.54, 1.807) is 11.5 Å². The van der Waals surface area contributed by atoms with E-state index >= 15 is 0 Å². The summed E-state index contributed by atoms with van der Waals surface area (Å²) in [6.45, 7) is 4.72. The van der Waals surface area contributed by atoms with Gasteiger partial charge < -0.3 is 0 Å². The smallest absolute Gasteiger partial charge is 0.0161 e. The highest BCUT2D eigenvalue weighted by molar-refractivity contribution is 5.63. The lowest BCUT2D eigenvalue weighted by atomic mass is 9.56. The summed E-state index contributed by atoms with van der Waals surface area (Å²) in [5.74, 6) is 2.38. The van der Waals surface area contributed by atoms with Crippen LogP contribution in [0.4, 0.5) is 0 Å². The topological polar surface area (TPSA) is 0 Å². The predicted molar refractivity (Wildman–Crippen MR) is 54.2 cm³/mol. The molecule has 0 spiro atoms. The van der Waals surface area contributed by atoms with Crippen LogP contribution in [0.3, 0.4) is 0 Å². The molecule has 0 aliphatic heterocycles. The summed E-state index contributed by atoms with van der Waals surface area (Å²) in [5, 5.41) is 0. The van der Waals surface area contributed by atoms with Crippen LogP contribution in [0.1, 0.15) is 31.4 Å². The van der Waals surface area contributed by atoms with Gasteiger partial charge in [0, 0.05) is 11.3 Å². The van der Waals surface area contributed by atoms with Crippen LogP contribution in [-0.4, -0.2) is 0 Å². The van der Waals surface area contributed by atoms with Gasteiger partial charge in [-0.3, -0.25) is 0 Å². The third-order valence-electron chi connectivity index (χ3n) is 4.02. The summed E-state index contributed by atoms with van der Waals surface area (Å²) < 4.78 is 0. The Morgan fingerprint density at radius 3 is 2.92 bits per heavy atom. The average molecular weight is 170 g/mol. The van der Waals surface area contributed by atoms with Crippen molar-refractivity contribution in [3.05, 3.63) is 47.7 Å². The Balaban J connectivity index is 2.18. The van der Waals surface area contributed by atoms with Crippen LogP contribution in [0.15, 0.2) is 24.3 Å². The Kier molecular flexibility index (Phi) is 1.27. The molecule has 0 aromatic heterocycles. The molecular weight excluding hydrogens is 156 g/mol. The number of fused-ring (bicyclic) bond motifs is 4. The van der Waals surface area contributed by atoms with Crippen molar-refractivity contribution >= 4 is 0 Å². The maximum atomic E-state index is 2.45. The van der Waals surface area contributed by atoms with Crippen molar-refractivity contribution in [1.82, 2.24) is 0 Å². The Bertz CT molecular complexity index is 353. The molecule has 0 saturated heterocycles. The van der Waals surface area contributed by atoms with Crippen molar-refractivity contribution in [3.8, 4) is 0 Å². The van der Waals surface area contributed by atoms with E-state index in [1.807, 2.05) is 0 Å². The maximum Gasteiger partial charge on any atom is 0.0161 e. The summed E-state index contributed by atoms with van der Waals surface area (Å²) >= 11 is 0. The third-order valence-corrected chi connectivity index (χ3v) is 4.02. The molecule has 2 aliphatic carbocycles. The Hall–Kier alpha value is -0.780. The minimum atomic E-state index is 0.386. The van der Waals surface area contributed by atoms with Crippen LogP contribution in [0.2, 0.25) is 0 Å². The SMILES string of the molecule is CC1[CH]C[C]2c3ccccc3C21C. The summed E-state index contributed by atoms with van der Waals surface area (Å²) in [4.78, 5) is 0. The molecule has 1 aromatic rings. The standard InChI is InChI=1S/C13H14/c1-9-7-8-12-10-5-3-4-6-11(10)13(9,12)2/h3-7,9H,8H2,1-2H3. The second-order valence-electron chi connectivity index (χ2n) is 4.45. The van der Waals surface area contributed by atoms with Gasteiger partial charge >= 0.3 is 0 Å². The number of hydrogen-bond donors (Lipinski definition) is 0. The molecule has 1 aromatic carbocycles. The molecule has 0 bridgehead atoms. The first-order valence-electron chi connectivity index (χ1n) is 5.04. The lowest BCUT2D eigenvalue weighted by Gasteiger charge is -2.47. The largest absolute Gasteiger partial charge is 0.0620 e. The van der Waals surface area contributed by atoms with E-state index in [4.69, 9.17) is 0 Å². The molecule has 0 heterocycles. The minimum Gasteiger partial charge on any atom is -0.0620 e. The summed E-state index contributed by atoms with van der Waals surface area (Å²) in [6, 6.07) is 8.85. The fraction of sp³-hybridized carbons (Fsp3) is 0.385. The van der Waals surface area contributed by atoms with Crippen LogP contribution in [0.25, 0.3) is 0 Å². The lowest BCUT2D eigenvalue weighted by molar-refractivity contribution is 0.390. The van der Waals surface area contributed by atoms with E-state index < -0.39 is 0 Å². The maximum absolute atomic E-state index is 2.45. The molecule has 0 N–H and O–H groups in total. The van der Waals surface area contributed by atoms with Crippen molar-refractivity contribution in [3.63, 3.8) is 0 Å². The number of hydrogen-bond acceptors (Lipinski definition) is 0. The van der Waals surface area contributed by atoms with Crippen LogP contribution >= 0.6 is 0 Å². The van der Waals surface area contributed by atoms with Gasteiger partial charge in [0.15, 0.2) is 0 Å². The number of benzene rings is 1. The van der Waals surface area contributed by atoms with Gasteiger partial charge in [-0.2, -0.15) is 0 Å². The number of rotatable bonds is 0. The normalized spacial score (nSPS) is 36.6. The molecule has 2 radical (unpaired) electrons. The van der Waals surface area contributed by atoms with Crippen molar-refractivity contribution in [1.29, 1.82) is 0 Å². The van der Waals surface area contributed by atoms with Crippen molar-refractivity contribution in [2.24, 2.45) is 5.92 Å². The van der Waals surface area contributed by atoms with Gasteiger partial charge in [-0.05, 0) is 29.9 Å². The van der Waals surface area contributed by atoms with Crippen LogP contribution in [-0.2, 0) is 5.41 Å². The Labute approximate surface area is 80.0 Å². The van der Waals surface area contributed by atoms with Gasteiger partial charge in [-0.15, -0.1) is 0 Å². The van der Waals surface area contributed by atoms with Crippen LogP contribution in [0.5, 0.6) is 0 Å². The minimum absolute atomic E-state index is 0.386. The summed E-state index contributed by atoms with van der Waals surface area (Å²) in [5.41, 5.74) is 3.47. The molecular formula is C13H14. The second-order valence-corrected chi connectivity index (χ2v) is 4.45. The van der Waals surface area contributed by atoms with Gasteiger partial charge in [0.05, 0.1) is 0 Å². The summed E-state index contributed by atoms with van der Waals surface area (Å²) in [7, 11) is 0. The van der Waals surface area contributed by atoms with Crippen molar-refractivity contribution < 1.29 is 0 Å². The molecule has 2 aliphatic rings. The first kappa shape index (κ1) is 7.61. The van der Waals surface area contributed by atoms with E-state index in [0.29, 0.717) is 5.41 Å². The molecule has 0 amide bonds. The van der Waals surface area contributed by atoms with E-state index in [0.717, 1.165) is 5.92 Å². The highest BCUT2D eigenvalue weighted by atomic mass is 14.6. The highest BCUT2D eigenvalue weighted by Crippen LogP contribution is 2.61. The Morgan fingerprint density at radius 1 is 1.31 bits per heavy atom. The molecule has 2 unspecified atom stereocenters. The van der Waals surface area contributed by atoms with E-state index in [-0.39, 0.29) is 0 Å². The molecule has 0 heteroatoms. The first-order chi connectivity index (χ1) is 6.24. The fourth-order valence-corrected chi connectivity index (χ4v) is 2.95. The third kappa shape index (κ3) is 0.688. The molecule has 1 fully saturated rings. The second kappa shape index (κ2) is 2.17. The van der Waals surface area contributed by atoms with Gasteiger partial charge in [-0.25, -0.2) is 0 Å². The highest BCUT2D eigenvalue weighted by Gasteiger charge is 2.55. The van der Waals surface area contributed by atoms with E-state index in [9.17, 15) is 0 Å². The van der Waals surface area contributed by atoms with Gasteiger partial charge in [-0.1, -0.05) is 38.1 Å². The average Bonchev–Trinajstić information content (AvgIpc) is 2.39. The molecule has 1 saturated carbocycles. The van der Waals surface area contributed by atoms with Gasteiger partial charge in [0.1, 0.15) is 0 Å². The fourth-order valence-electron chi connectivity index (χ4n) is 2.95. The summed E-state index contributed by atoms with van der Waals surface area (Å²) in [6.07, 6.45) is 3.66. The van der Waals surface area contributed by atoms with Crippen molar-refractivity contribution in [2.45, 2.75) is 25.7 Å². The monoisotopic (exact) mass is 170 g/mol. The van der Waals surface area contributed by atoms with Crippen LogP contribution < -0.4 is 0 Å². The molecule has 66 valence electrons.